The summed E-state index contributed by atoms with van der Waals surface area (Å²) in [6.07, 6.45) is 1.45. The van der Waals surface area contributed by atoms with Crippen LogP contribution in [0.5, 0.6) is 0 Å². The Kier molecular flexibility index (Phi) is 3.42. The molecule has 0 bridgehead atoms. The SMILES string of the molecule is C=Cc1cccc([Si](C)(C)C)c1S(=O)(=O)O. The van der Waals surface area contributed by atoms with Gasteiger partial charge >= 0.3 is 0 Å². The fraction of sp³-hybridized carbons (Fsp3) is 0.273. The molecule has 0 aliphatic heterocycles. The van der Waals surface area contributed by atoms with E-state index in [-0.39, 0.29) is 4.90 Å². The van der Waals surface area contributed by atoms with Crippen LogP contribution in [0.25, 0.3) is 6.08 Å². The topological polar surface area (TPSA) is 54.4 Å². The minimum absolute atomic E-state index is 0.0177. The van der Waals surface area contributed by atoms with Crippen molar-refractivity contribution in [2.45, 2.75) is 24.5 Å². The zero-order valence-electron chi connectivity index (χ0n) is 9.69. The molecule has 1 aromatic rings. The van der Waals surface area contributed by atoms with E-state index in [1.807, 2.05) is 19.6 Å². The highest BCUT2D eigenvalue weighted by Gasteiger charge is 2.27. The first-order valence-electron chi connectivity index (χ1n) is 4.91. The van der Waals surface area contributed by atoms with Gasteiger partial charge in [0, 0.05) is 0 Å². The second-order valence-electron chi connectivity index (χ2n) is 4.65. The quantitative estimate of drug-likeness (QED) is 0.666. The van der Waals surface area contributed by atoms with Crippen molar-refractivity contribution in [3.63, 3.8) is 0 Å². The van der Waals surface area contributed by atoms with Gasteiger partial charge in [-0.25, -0.2) is 0 Å². The van der Waals surface area contributed by atoms with E-state index in [4.69, 9.17) is 0 Å². The Morgan fingerprint density at radius 1 is 1.31 bits per heavy atom. The highest BCUT2D eigenvalue weighted by Crippen LogP contribution is 2.18. The third-order valence-electron chi connectivity index (χ3n) is 2.33. The number of hydrogen-bond acceptors (Lipinski definition) is 2. The predicted octanol–water partition coefficient (Wildman–Crippen LogP) is 2.12. The van der Waals surface area contributed by atoms with Gasteiger partial charge < -0.3 is 0 Å². The van der Waals surface area contributed by atoms with Gasteiger partial charge in [0.15, 0.2) is 0 Å². The van der Waals surface area contributed by atoms with Crippen LogP contribution in [0.4, 0.5) is 0 Å². The molecule has 0 amide bonds. The van der Waals surface area contributed by atoms with Gasteiger partial charge in [-0.05, 0) is 10.8 Å². The van der Waals surface area contributed by atoms with Crippen LogP contribution in [-0.4, -0.2) is 21.0 Å². The Labute approximate surface area is 97.6 Å². The van der Waals surface area contributed by atoms with Crippen molar-refractivity contribution < 1.29 is 13.0 Å². The standard InChI is InChI=1S/C11H16O3SSi/c1-5-9-7-6-8-10(16(2,3)4)11(9)15(12,13)14/h5-8H,1H2,2-4H3,(H,12,13,14). The molecule has 3 nitrogen and oxygen atoms in total. The predicted molar refractivity (Wildman–Crippen MR) is 69.3 cm³/mol. The lowest BCUT2D eigenvalue weighted by molar-refractivity contribution is 0.483. The van der Waals surface area contributed by atoms with Gasteiger partial charge in [-0.15, -0.1) is 0 Å². The summed E-state index contributed by atoms with van der Waals surface area (Å²) in [5, 5.41) is 0.729. The Hall–Kier alpha value is -0.913. The molecule has 0 aliphatic rings. The molecule has 0 saturated heterocycles. The van der Waals surface area contributed by atoms with Gasteiger partial charge in [0.1, 0.15) is 4.90 Å². The van der Waals surface area contributed by atoms with Crippen molar-refractivity contribution in [2.75, 3.05) is 0 Å². The third kappa shape index (κ3) is 2.61. The van der Waals surface area contributed by atoms with Crippen molar-refractivity contribution in [3.05, 3.63) is 30.3 Å². The molecule has 1 aromatic carbocycles. The molecule has 0 spiro atoms. The van der Waals surface area contributed by atoms with E-state index in [0.717, 1.165) is 5.19 Å². The molecule has 0 saturated carbocycles. The molecule has 0 fully saturated rings. The summed E-state index contributed by atoms with van der Waals surface area (Å²) < 4.78 is 32.1. The second-order valence-corrected chi connectivity index (χ2v) is 11.1. The lowest BCUT2D eigenvalue weighted by atomic mass is 10.2. The average Bonchev–Trinajstić information content (AvgIpc) is 2.13. The summed E-state index contributed by atoms with van der Waals surface area (Å²) >= 11 is 0. The van der Waals surface area contributed by atoms with Crippen molar-refractivity contribution in [2.24, 2.45) is 0 Å². The maximum absolute atomic E-state index is 11.4. The van der Waals surface area contributed by atoms with Crippen molar-refractivity contribution in [1.29, 1.82) is 0 Å². The average molecular weight is 256 g/mol. The highest BCUT2D eigenvalue weighted by molar-refractivity contribution is 7.86. The van der Waals surface area contributed by atoms with E-state index in [1.54, 1.807) is 18.2 Å². The molecule has 0 heterocycles. The normalized spacial score (nSPS) is 12.5. The number of rotatable bonds is 3. The molecule has 16 heavy (non-hydrogen) atoms. The lowest BCUT2D eigenvalue weighted by Crippen LogP contribution is -2.41. The first kappa shape index (κ1) is 13.2. The highest BCUT2D eigenvalue weighted by atomic mass is 32.2. The van der Waals surface area contributed by atoms with Gasteiger partial charge in [-0.1, -0.05) is 50.5 Å². The molecule has 0 atom stereocenters. The van der Waals surface area contributed by atoms with Crippen LogP contribution in [0, 0.1) is 0 Å². The van der Waals surface area contributed by atoms with Crippen LogP contribution in [0.3, 0.4) is 0 Å². The summed E-state index contributed by atoms with van der Waals surface area (Å²) in [6.45, 7) is 9.66. The molecular weight excluding hydrogens is 240 g/mol. The van der Waals surface area contributed by atoms with Gasteiger partial charge in [0.25, 0.3) is 10.1 Å². The van der Waals surface area contributed by atoms with Gasteiger partial charge in [-0.3, -0.25) is 4.55 Å². The van der Waals surface area contributed by atoms with Crippen LogP contribution < -0.4 is 5.19 Å². The maximum Gasteiger partial charge on any atom is 0.294 e. The zero-order chi connectivity index (χ0) is 12.6. The summed E-state index contributed by atoms with van der Waals surface area (Å²) in [4.78, 5) is 0.0177. The Balaban J connectivity index is 3.71. The minimum atomic E-state index is -4.20. The van der Waals surface area contributed by atoms with Crippen LogP contribution in [0.1, 0.15) is 5.56 Å². The van der Waals surface area contributed by atoms with Gasteiger partial charge in [0.05, 0.1) is 8.07 Å². The molecular formula is C11H16O3SSi. The fourth-order valence-electron chi connectivity index (χ4n) is 1.59. The van der Waals surface area contributed by atoms with E-state index >= 15 is 0 Å². The van der Waals surface area contributed by atoms with Crippen LogP contribution >= 0.6 is 0 Å². The molecule has 88 valence electrons. The minimum Gasteiger partial charge on any atom is -0.282 e. The largest absolute Gasteiger partial charge is 0.294 e. The molecule has 5 heteroatoms. The maximum atomic E-state index is 11.4. The monoisotopic (exact) mass is 256 g/mol. The van der Waals surface area contributed by atoms with Gasteiger partial charge in [0.2, 0.25) is 0 Å². The molecule has 0 aromatic heterocycles. The smallest absolute Gasteiger partial charge is 0.282 e. The summed E-state index contributed by atoms with van der Waals surface area (Å²) in [7, 11) is -6.02. The molecule has 0 radical (unpaired) electrons. The van der Waals surface area contributed by atoms with Crippen molar-refractivity contribution in [1.82, 2.24) is 0 Å². The number of benzene rings is 1. The second kappa shape index (κ2) is 4.16. The first-order valence-corrected chi connectivity index (χ1v) is 9.85. The lowest BCUT2D eigenvalue weighted by Gasteiger charge is -2.20. The van der Waals surface area contributed by atoms with E-state index in [2.05, 4.69) is 6.58 Å². The Morgan fingerprint density at radius 2 is 1.88 bits per heavy atom. The van der Waals surface area contributed by atoms with Crippen LogP contribution in [0.15, 0.2) is 29.7 Å². The molecule has 0 unspecified atom stereocenters. The summed E-state index contributed by atoms with van der Waals surface area (Å²) in [6, 6.07) is 5.20. The van der Waals surface area contributed by atoms with Crippen molar-refractivity contribution in [3.8, 4) is 0 Å². The Bertz CT molecular complexity index is 513. The summed E-state index contributed by atoms with van der Waals surface area (Å²) in [5.41, 5.74) is 0.461. The van der Waals surface area contributed by atoms with Crippen LogP contribution in [-0.2, 0) is 10.1 Å². The van der Waals surface area contributed by atoms with Crippen LogP contribution in [0.2, 0.25) is 19.6 Å². The molecule has 1 N–H and O–H groups in total. The molecule has 1 rings (SSSR count). The third-order valence-corrected chi connectivity index (χ3v) is 5.52. The number of hydrogen-bond donors (Lipinski definition) is 1. The zero-order valence-corrected chi connectivity index (χ0v) is 11.5. The Morgan fingerprint density at radius 3 is 2.25 bits per heavy atom. The van der Waals surface area contributed by atoms with E-state index < -0.39 is 18.2 Å². The fourth-order valence-corrected chi connectivity index (χ4v) is 5.12. The van der Waals surface area contributed by atoms with E-state index in [9.17, 15) is 13.0 Å². The van der Waals surface area contributed by atoms with E-state index in [0.29, 0.717) is 5.56 Å². The van der Waals surface area contributed by atoms with Crippen molar-refractivity contribution >= 4 is 29.5 Å². The summed E-state index contributed by atoms with van der Waals surface area (Å²) in [5.74, 6) is 0. The van der Waals surface area contributed by atoms with Gasteiger partial charge in [-0.2, -0.15) is 8.42 Å². The molecule has 0 aliphatic carbocycles. The first-order chi connectivity index (χ1) is 7.18. The van der Waals surface area contributed by atoms with E-state index in [1.165, 1.54) is 6.08 Å².